The van der Waals surface area contributed by atoms with Crippen LogP contribution in [0, 0.1) is 11.3 Å². The Balaban J connectivity index is 1.56. The summed E-state index contributed by atoms with van der Waals surface area (Å²) in [5, 5.41) is 11.6. The predicted molar refractivity (Wildman–Crippen MR) is 73.4 cm³/mol. The molecule has 0 atom stereocenters. The number of nitrogens with zero attached hydrogens (tertiary/aromatic N) is 1. The molecule has 0 bridgehead atoms. The van der Waals surface area contributed by atoms with Crippen molar-refractivity contribution in [2.75, 3.05) is 17.6 Å². The van der Waals surface area contributed by atoms with E-state index in [0.717, 1.165) is 34.7 Å². The lowest BCUT2D eigenvalue weighted by atomic mass is 10.0. The third-order valence-corrected chi connectivity index (χ3v) is 4.58. The Morgan fingerprint density at radius 1 is 1.39 bits per heavy atom. The average Bonchev–Trinajstić information content (AvgIpc) is 3.24. The first-order valence-electron chi connectivity index (χ1n) is 6.73. The van der Waals surface area contributed by atoms with Gasteiger partial charge < -0.3 is 11.1 Å². The maximum absolute atomic E-state index is 6.08. The molecular weight excluding hydrogens is 224 g/mol. The number of rotatable bonds is 4. The summed E-state index contributed by atoms with van der Waals surface area (Å²) in [7, 11) is 0. The number of aromatic amines is 1. The molecule has 2 aliphatic carbocycles. The molecule has 2 aromatic rings. The molecule has 94 valence electrons. The van der Waals surface area contributed by atoms with Crippen LogP contribution in [-0.2, 0) is 0 Å². The third-order valence-electron chi connectivity index (χ3n) is 4.58. The van der Waals surface area contributed by atoms with E-state index in [9.17, 15) is 0 Å². The van der Waals surface area contributed by atoms with Gasteiger partial charge in [0.05, 0.1) is 23.1 Å². The number of anilines is 2. The Morgan fingerprint density at radius 2 is 2.22 bits per heavy atom. The summed E-state index contributed by atoms with van der Waals surface area (Å²) < 4.78 is 0. The first-order chi connectivity index (χ1) is 8.77. The van der Waals surface area contributed by atoms with E-state index in [0.29, 0.717) is 5.41 Å². The van der Waals surface area contributed by atoms with Gasteiger partial charge in [0, 0.05) is 11.9 Å². The Bertz CT molecular complexity index is 593. The normalized spacial score (nSPS) is 21.1. The number of hydrogen-bond donors (Lipinski definition) is 3. The Hall–Kier alpha value is -1.71. The second-order valence-corrected chi connectivity index (χ2v) is 5.89. The highest BCUT2D eigenvalue weighted by Crippen LogP contribution is 2.61. The number of nitrogens with one attached hydrogen (secondary N) is 2. The Morgan fingerprint density at radius 3 is 2.94 bits per heavy atom. The number of hydrogen-bond acceptors (Lipinski definition) is 3. The van der Waals surface area contributed by atoms with Gasteiger partial charge in [-0.15, -0.1) is 0 Å². The zero-order valence-electron chi connectivity index (χ0n) is 10.4. The number of benzene rings is 1. The van der Waals surface area contributed by atoms with Gasteiger partial charge >= 0.3 is 0 Å². The van der Waals surface area contributed by atoms with E-state index in [1.165, 1.54) is 25.7 Å². The minimum Gasteiger partial charge on any atom is -0.397 e. The van der Waals surface area contributed by atoms with Gasteiger partial charge in [-0.05, 0) is 49.1 Å². The molecule has 2 fully saturated rings. The number of aromatic nitrogens is 2. The summed E-state index contributed by atoms with van der Waals surface area (Å²) >= 11 is 0. The van der Waals surface area contributed by atoms with E-state index in [4.69, 9.17) is 5.73 Å². The van der Waals surface area contributed by atoms with E-state index in [1.54, 1.807) is 0 Å². The van der Waals surface area contributed by atoms with Crippen LogP contribution >= 0.6 is 0 Å². The molecule has 0 unspecified atom stereocenters. The summed E-state index contributed by atoms with van der Waals surface area (Å²) in [6, 6.07) is 4.05. The lowest BCUT2D eigenvalue weighted by Crippen LogP contribution is -2.18. The number of nitrogens with two attached hydrogens (primary N) is 1. The lowest BCUT2D eigenvalue weighted by molar-refractivity contribution is 0.467. The molecule has 2 aliphatic rings. The van der Waals surface area contributed by atoms with Gasteiger partial charge in [0.15, 0.2) is 0 Å². The van der Waals surface area contributed by atoms with Crippen LogP contribution in [0.4, 0.5) is 11.4 Å². The van der Waals surface area contributed by atoms with Gasteiger partial charge in [0.1, 0.15) is 0 Å². The predicted octanol–water partition coefficient (Wildman–Crippen LogP) is 2.75. The minimum absolute atomic E-state index is 0.593. The highest BCUT2D eigenvalue weighted by molar-refractivity contribution is 5.88. The molecule has 18 heavy (non-hydrogen) atoms. The average molecular weight is 242 g/mol. The number of nitrogen functional groups attached to an aromatic ring is 1. The molecule has 0 aliphatic heterocycles. The molecular formula is C14H18N4. The molecule has 4 rings (SSSR count). The quantitative estimate of drug-likeness (QED) is 0.722. The van der Waals surface area contributed by atoms with Gasteiger partial charge in [0.2, 0.25) is 0 Å². The van der Waals surface area contributed by atoms with Crippen molar-refractivity contribution in [1.29, 1.82) is 0 Å². The molecule has 4 heteroatoms. The first kappa shape index (κ1) is 10.2. The van der Waals surface area contributed by atoms with Crippen molar-refractivity contribution in [3.05, 3.63) is 18.3 Å². The second kappa shape index (κ2) is 3.40. The van der Waals surface area contributed by atoms with Crippen LogP contribution in [0.25, 0.3) is 10.9 Å². The molecule has 0 radical (unpaired) electrons. The number of fused-ring (bicyclic) bond motifs is 1. The Labute approximate surface area is 106 Å². The fourth-order valence-electron chi connectivity index (χ4n) is 3.02. The summed E-state index contributed by atoms with van der Waals surface area (Å²) in [5.74, 6) is 0.974. The van der Waals surface area contributed by atoms with Crippen molar-refractivity contribution in [3.63, 3.8) is 0 Å². The highest BCUT2D eigenvalue weighted by Gasteiger charge is 2.53. The standard InChI is InChI=1S/C14H18N4/c15-11-5-9-7-17-18-12(9)6-13(11)16-8-14(3-4-14)10-1-2-10/h5-7,10,16H,1-4,8,15H2,(H,17,18). The Kier molecular flexibility index (Phi) is 1.93. The zero-order chi connectivity index (χ0) is 12.2. The molecule has 0 spiro atoms. The number of H-pyrrole nitrogens is 1. The molecule has 1 aromatic carbocycles. The van der Waals surface area contributed by atoms with Crippen molar-refractivity contribution < 1.29 is 0 Å². The minimum atomic E-state index is 0.593. The maximum Gasteiger partial charge on any atom is 0.0672 e. The topological polar surface area (TPSA) is 66.7 Å². The largest absolute Gasteiger partial charge is 0.397 e. The van der Waals surface area contributed by atoms with Crippen LogP contribution < -0.4 is 11.1 Å². The maximum atomic E-state index is 6.08. The van der Waals surface area contributed by atoms with Gasteiger partial charge in [-0.3, -0.25) is 5.10 Å². The van der Waals surface area contributed by atoms with Crippen molar-refractivity contribution in [2.24, 2.45) is 11.3 Å². The fourth-order valence-corrected chi connectivity index (χ4v) is 3.02. The van der Waals surface area contributed by atoms with E-state index < -0.39 is 0 Å². The van der Waals surface area contributed by atoms with Crippen molar-refractivity contribution in [2.45, 2.75) is 25.7 Å². The molecule has 4 N–H and O–H groups in total. The summed E-state index contributed by atoms with van der Waals surface area (Å²) in [6.45, 7) is 1.07. The van der Waals surface area contributed by atoms with Crippen LogP contribution in [0.1, 0.15) is 25.7 Å². The van der Waals surface area contributed by atoms with E-state index in [1.807, 2.05) is 12.3 Å². The van der Waals surface area contributed by atoms with Gasteiger partial charge in [0.25, 0.3) is 0 Å². The van der Waals surface area contributed by atoms with Gasteiger partial charge in [-0.1, -0.05) is 0 Å². The van der Waals surface area contributed by atoms with Crippen molar-refractivity contribution >= 4 is 22.3 Å². The van der Waals surface area contributed by atoms with E-state index >= 15 is 0 Å². The molecule has 1 aromatic heterocycles. The van der Waals surface area contributed by atoms with Crippen molar-refractivity contribution in [3.8, 4) is 0 Å². The van der Waals surface area contributed by atoms with Crippen LogP contribution in [0.5, 0.6) is 0 Å². The van der Waals surface area contributed by atoms with Crippen LogP contribution in [0.3, 0.4) is 0 Å². The summed E-state index contributed by atoms with van der Waals surface area (Å²) in [4.78, 5) is 0. The molecule has 1 heterocycles. The molecule has 4 nitrogen and oxygen atoms in total. The fraction of sp³-hybridized carbons (Fsp3) is 0.500. The molecule has 0 saturated heterocycles. The van der Waals surface area contributed by atoms with Gasteiger partial charge in [-0.25, -0.2) is 0 Å². The summed E-state index contributed by atoms with van der Waals surface area (Å²) in [5.41, 5.74) is 9.58. The highest BCUT2D eigenvalue weighted by atomic mass is 15.1. The third kappa shape index (κ3) is 1.55. The van der Waals surface area contributed by atoms with Crippen LogP contribution in [-0.4, -0.2) is 16.7 Å². The molecule has 2 saturated carbocycles. The van der Waals surface area contributed by atoms with Gasteiger partial charge in [-0.2, -0.15) is 5.10 Å². The smallest absolute Gasteiger partial charge is 0.0672 e. The first-order valence-corrected chi connectivity index (χ1v) is 6.73. The van der Waals surface area contributed by atoms with E-state index in [2.05, 4.69) is 21.6 Å². The summed E-state index contributed by atoms with van der Waals surface area (Å²) in [6.07, 6.45) is 7.43. The van der Waals surface area contributed by atoms with Crippen LogP contribution in [0.15, 0.2) is 18.3 Å². The van der Waals surface area contributed by atoms with Crippen molar-refractivity contribution in [1.82, 2.24) is 10.2 Å². The SMILES string of the molecule is Nc1cc2cn[nH]c2cc1NCC1(C2CC2)CC1. The zero-order valence-corrected chi connectivity index (χ0v) is 10.4. The van der Waals surface area contributed by atoms with E-state index in [-0.39, 0.29) is 0 Å². The second-order valence-electron chi connectivity index (χ2n) is 5.89. The lowest BCUT2D eigenvalue weighted by Gasteiger charge is -2.17. The monoisotopic (exact) mass is 242 g/mol. The molecule has 0 amide bonds. The van der Waals surface area contributed by atoms with Crippen LogP contribution in [0.2, 0.25) is 0 Å².